The molecular weight excluding hydrogens is 222 g/mol. The van der Waals surface area contributed by atoms with Gasteiger partial charge in [-0.15, -0.1) is 0 Å². The Balaban J connectivity index is 1.69. The molecule has 0 spiro atoms. The number of aromatic nitrogens is 1. The molecule has 1 aromatic heterocycles. The quantitative estimate of drug-likeness (QED) is 0.790. The van der Waals surface area contributed by atoms with Crippen LogP contribution in [0.1, 0.15) is 19.3 Å². The monoisotopic (exact) mass is 239 g/mol. The Morgan fingerprint density at radius 1 is 1.65 bits per heavy atom. The maximum Gasteiger partial charge on any atom is 0.322 e. The summed E-state index contributed by atoms with van der Waals surface area (Å²) in [7, 11) is 1.69. The van der Waals surface area contributed by atoms with Gasteiger partial charge >= 0.3 is 12.0 Å². The molecule has 0 unspecified atom stereocenters. The van der Waals surface area contributed by atoms with Gasteiger partial charge in [0.1, 0.15) is 6.26 Å². The van der Waals surface area contributed by atoms with Gasteiger partial charge in [0, 0.05) is 20.3 Å². The van der Waals surface area contributed by atoms with E-state index in [1.54, 1.807) is 7.11 Å². The number of rotatable bonds is 6. The van der Waals surface area contributed by atoms with Gasteiger partial charge in [0.15, 0.2) is 0 Å². The maximum absolute atomic E-state index is 11.5. The predicted molar refractivity (Wildman–Crippen MR) is 61.7 cm³/mol. The van der Waals surface area contributed by atoms with Crippen molar-refractivity contribution >= 4 is 12.0 Å². The smallest absolute Gasteiger partial charge is 0.322 e. The van der Waals surface area contributed by atoms with Crippen LogP contribution in [0.4, 0.5) is 10.8 Å². The lowest BCUT2D eigenvalue weighted by molar-refractivity contribution is 0.171. The van der Waals surface area contributed by atoms with Gasteiger partial charge in [-0.2, -0.15) is 0 Å². The average molecular weight is 239 g/mol. The second kappa shape index (κ2) is 5.18. The first kappa shape index (κ1) is 11.9. The number of hydrogen-bond acceptors (Lipinski definition) is 4. The largest absolute Gasteiger partial charge is 0.432 e. The summed E-state index contributed by atoms with van der Waals surface area (Å²) in [5, 5.41) is 5.35. The van der Waals surface area contributed by atoms with Crippen LogP contribution in [-0.2, 0) is 4.74 Å². The van der Waals surface area contributed by atoms with Gasteiger partial charge in [-0.3, -0.25) is 5.32 Å². The highest BCUT2D eigenvalue weighted by Crippen LogP contribution is 2.48. The van der Waals surface area contributed by atoms with E-state index in [4.69, 9.17) is 9.15 Å². The lowest BCUT2D eigenvalue weighted by Gasteiger charge is -2.15. The van der Waals surface area contributed by atoms with Gasteiger partial charge < -0.3 is 14.5 Å². The molecule has 0 atom stereocenters. The molecular formula is C11H17N3O3. The molecule has 2 amide bonds. The second-order valence-electron chi connectivity index (χ2n) is 4.39. The Morgan fingerprint density at radius 3 is 3.06 bits per heavy atom. The summed E-state index contributed by atoms with van der Waals surface area (Å²) >= 11 is 0. The average Bonchev–Trinajstić information content (AvgIpc) is 2.92. The molecule has 94 valence electrons. The van der Waals surface area contributed by atoms with Gasteiger partial charge in [0.25, 0.3) is 0 Å². The Morgan fingerprint density at radius 2 is 2.47 bits per heavy atom. The van der Waals surface area contributed by atoms with Crippen molar-refractivity contribution in [3.63, 3.8) is 0 Å². The third-order valence-corrected chi connectivity index (χ3v) is 3.07. The molecule has 0 bridgehead atoms. The number of methoxy groups -OCH3 is 1. The van der Waals surface area contributed by atoms with Crippen molar-refractivity contribution in [1.82, 2.24) is 10.3 Å². The number of hydrogen-bond donors (Lipinski definition) is 2. The van der Waals surface area contributed by atoms with Crippen molar-refractivity contribution in [1.29, 1.82) is 0 Å². The van der Waals surface area contributed by atoms with Crippen molar-refractivity contribution in [3.8, 4) is 0 Å². The van der Waals surface area contributed by atoms with E-state index in [0.717, 1.165) is 25.9 Å². The standard InChI is InChI=1S/C11H17N3O3/c1-16-6-4-11(2-3-11)8-13-9(15)14-10-12-5-7-17-10/h5,7H,2-4,6,8H2,1H3,(H2,12,13,14,15). The third-order valence-electron chi connectivity index (χ3n) is 3.07. The molecule has 1 aromatic rings. The second-order valence-corrected chi connectivity index (χ2v) is 4.39. The highest BCUT2D eigenvalue weighted by Gasteiger charge is 2.42. The normalized spacial score (nSPS) is 16.5. The number of carbonyl (C=O) groups is 1. The first-order chi connectivity index (χ1) is 8.24. The molecule has 1 fully saturated rings. The minimum Gasteiger partial charge on any atom is -0.432 e. The van der Waals surface area contributed by atoms with Crippen LogP contribution in [0.3, 0.4) is 0 Å². The minimum absolute atomic E-state index is 0.212. The summed E-state index contributed by atoms with van der Waals surface area (Å²) < 4.78 is 9.97. The molecule has 0 aliphatic heterocycles. The molecule has 6 nitrogen and oxygen atoms in total. The summed E-state index contributed by atoms with van der Waals surface area (Å²) in [4.78, 5) is 15.3. The molecule has 6 heteroatoms. The van der Waals surface area contributed by atoms with Crippen LogP contribution in [0.2, 0.25) is 0 Å². The molecule has 0 aromatic carbocycles. The van der Waals surface area contributed by atoms with Gasteiger partial charge in [0.05, 0.1) is 6.20 Å². The van der Waals surface area contributed by atoms with Crippen molar-refractivity contribution < 1.29 is 13.9 Å². The summed E-state index contributed by atoms with van der Waals surface area (Å²) in [6.07, 6.45) is 6.18. The first-order valence-electron chi connectivity index (χ1n) is 5.67. The molecule has 1 aliphatic rings. The zero-order chi connectivity index (χ0) is 12.1. The van der Waals surface area contributed by atoms with E-state index in [-0.39, 0.29) is 17.5 Å². The van der Waals surface area contributed by atoms with Crippen LogP contribution in [0, 0.1) is 5.41 Å². The summed E-state index contributed by atoms with van der Waals surface area (Å²) in [5.41, 5.74) is 0.240. The van der Waals surface area contributed by atoms with Crippen molar-refractivity contribution in [2.75, 3.05) is 25.6 Å². The lowest BCUT2D eigenvalue weighted by atomic mass is 10.0. The van der Waals surface area contributed by atoms with Crippen LogP contribution in [0.15, 0.2) is 16.9 Å². The molecule has 1 heterocycles. The molecule has 0 saturated heterocycles. The van der Waals surface area contributed by atoms with Gasteiger partial charge in [-0.1, -0.05) is 0 Å². The third kappa shape index (κ3) is 3.45. The van der Waals surface area contributed by atoms with Crippen LogP contribution in [0.25, 0.3) is 0 Å². The Bertz CT molecular complexity index is 360. The van der Waals surface area contributed by atoms with Crippen molar-refractivity contribution in [3.05, 3.63) is 12.5 Å². The number of nitrogens with one attached hydrogen (secondary N) is 2. The summed E-state index contributed by atoms with van der Waals surface area (Å²) in [6.45, 7) is 1.41. The zero-order valence-corrected chi connectivity index (χ0v) is 9.86. The van der Waals surface area contributed by atoms with Crippen molar-refractivity contribution in [2.24, 2.45) is 5.41 Å². The SMILES string of the molecule is COCCC1(CNC(=O)Nc2ncco2)CC1. The molecule has 0 radical (unpaired) electrons. The Hall–Kier alpha value is -1.56. The number of amides is 2. The van der Waals surface area contributed by atoms with Gasteiger partial charge in [-0.05, 0) is 24.7 Å². The van der Waals surface area contributed by atoms with E-state index in [0.29, 0.717) is 6.54 Å². The summed E-state index contributed by atoms with van der Waals surface area (Å²) in [6, 6.07) is -0.0691. The fraction of sp³-hybridized carbons (Fsp3) is 0.636. The van der Waals surface area contributed by atoms with Gasteiger partial charge in [0.2, 0.25) is 0 Å². The fourth-order valence-electron chi connectivity index (χ4n) is 1.70. The first-order valence-corrected chi connectivity index (χ1v) is 5.67. The van der Waals surface area contributed by atoms with Crippen molar-refractivity contribution in [2.45, 2.75) is 19.3 Å². The van der Waals surface area contributed by atoms with E-state index in [9.17, 15) is 4.79 Å². The highest BCUT2D eigenvalue weighted by atomic mass is 16.5. The van der Waals surface area contributed by atoms with E-state index in [1.807, 2.05) is 0 Å². The molecule has 2 N–H and O–H groups in total. The Kier molecular flexibility index (Phi) is 3.63. The fourth-order valence-corrected chi connectivity index (χ4v) is 1.70. The van der Waals surface area contributed by atoms with Crippen LogP contribution in [0.5, 0.6) is 0 Å². The number of ether oxygens (including phenoxy) is 1. The molecule has 1 saturated carbocycles. The predicted octanol–water partition coefficient (Wildman–Crippen LogP) is 1.61. The van der Waals surface area contributed by atoms with Gasteiger partial charge in [-0.25, -0.2) is 9.78 Å². The number of oxazole rings is 1. The van der Waals surface area contributed by atoms with E-state index < -0.39 is 0 Å². The van der Waals surface area contributed by atoms with Crippen LogP contribution < -0.4 is 10.6 Å². The number of urea groups is 1. The summed E-state index contributed by atoms with van der Waals surface area (Å²) in [5.74, 6) is 0. The van der Waals surface area contributed by atoms with E-state index in [2.05, 4.69) is 15.6 Å². The topological polar surface area (TPSA) is 76.4 Å². The number of carbonyl (C=O) groups excluding carboxylic acids is 1. The van der Waals surface area contributed by atoms with Crippen LogP contribution in [-0.4, -0.2) is 31.3 Å². The van der Waals surface area contributed by atoms with Crippen LogP contribution >= 0.6 is 0 Å². The zero-order valence-electron chi connectivity index (χ0n) is 9.86. The highest BCUT2D eigenvalue weighted by molar-refractivity contribution is 5.86. The van der Waals surface area contributed by atoms with E-state index in [1.165, 1.54) is 12.5 Å². The lowest BCUT2D eigenvalue weighted by Crippen LogP contribution is -2.34. The Labute approximate surface area is 99.7 Å². The molecule has 17 heavy (non-hydrogen) atoms. The molecule has 1 aliphatic carbocycles. The maximum atomic E-state index is 11.5. The molecule has 2 rings (SSSR count). The minimum atomic E-state index is -0.281. The van der Waals surface area contributed by atoms with E-state index >= 15 is 0 Å². The number of nitrogens with zero attached hydrogens (tertiary/aromatic N) is 1. The number of anilines is 1.